The maximum absolute atomic E-state index is 6.09. The number of benzene rings is 2. The summed E-state index contributed by atoms with van der Waals surface area (Å²) in [5.74, 6) is 0.593. The molecule has 1 atom stereocenters. The van der Waals surface area contributed by atoms with Gasteiger partial charge in [-0.25, -0.2) is 0 Å². The number of rotatable bonds is 1. The molecule has 2 heteroatoms. The first-order valence-electron chi connectivity index (χ1n) is 8.21. The smallest absolute Gasteiger partial charge is 0.0783 e. The predicted molar refractivity (Wildman–Crippen MR) is 96.8 cm³/mol. The quantitative estimate of drug-likeness (QED) is 0.519. The molecule has 0 spiro atoms. The highest BCUT2D eigenvalue weighted by molar-refractivity contribution is 6.30. The Balaban J connectivity index is 1.86. The summed E-state index contributed by atoms with van der Waals surface area (Å²) < 4.78 is 0. The van der Waals surface area contributed by atoms with Gasteiger partial charge in [0.1, 0.15) is 0 Å². The molecular weight excluding hydrogens is 302 g/mol. The zero-order chi connectivity index (χ0) is 15.4. The molecule has 1 nitrogen and oxygen atoms in total. The molecule has 1 heterocycles. The van der Waals surface area contributed by atoms with E-state index in [1.807, 2.05) is 24.4 Å². The van der Waals surface area contributed by atoms with E-state index in [9.17, 15) is 0 Å². The van der Waals surface area contributed by atoms with Gasteiger partial charge in [0.05, 0.1) is 5.52 Å². The fourth-order valence-electron chi connectivity index (χ4n) is 4.15. The van der Waals surface area contributed by atoms with Crippen LogP contribution >= 0.6 is 11.6 Å². The maximum atomic E-state index is 6.09. The van der Waals surface area contributed by atoms with E-state index in [-0.39, 0.29) is 0 Å². The molecule has 0 bridgehead atoms. The third kappa shape index (κ3) is 1.90. The lowest BCUT2D eigenvalue weighted by Gasteiger charge is -2.39. The third-order valence-electron chi connectivity index (χ3n) is 5.16. The molecule has 5 rings (SSSR count). The van der Waals surface area contributed by atoms with E-state index < -0.39 is 0 Å². The normalized spacial score (nSPS) is 18.8. The van der Waals surface area contributed by atoms with Crippen molar-refractivity contribution in [3.63, 3.8) is 0 Å². The molecule has 1 unspecified atom stereocenters. The van der Waals surface area contributed by atoms with Crippen LogP contribution in [0.4, 0.5) is 0 Å². The summed E-state index contributed by atoms with van der Waals surface area (Å²) >= 11 is 6.09. The van der Waals surface area contributed by atoms with Gasteiger partial charge >= 0.3 is 0 Å². The monoisotopic (exact) mass is 317 g/mol. The van der Waals surface area contributed by atoms with Crippen LogP contribution in [-0.4, -0.2) is 4.98 Å². The Labute approximate surface area is 140 Å². The molecular formula is C21H16ClN. The van der Waals surface area contributed by atoms with Crippen molar-refractivity contribution >= 4 is 28.1 Å². The van der Waals surface area contributed by atoms with Crippen molar-refractivity contribution in [2.45, 2.75) is 25.2 Å². The van der Waals surface area contributed by atoms with Gasteiger partial charge in [-0.3, -0.25) is 4.98 Å². The molecule has 0 N–H and O–H groups in total. The average molecular weight is 318 g/mol. The lowest BCUT2D eigenvalue weighted by atomic mass is 9.65. The van der Waals surface area contributed by atoms with E-state index in [0.29, 0.717) is 5.92 Å². The largest absolute Gasteiger partial charge is 0.256 e. The maximum Gasteiger partial charge on any atom is 0.0783 e. The van der Waals surface area contributed by atoms with E-state index in [0.717, 1.165) is 10.5 Å². The van der Waals surface area contributed by atoms with Gasteiger partial charge in [0.15, 0.2) is 0 Å². The molecule has 0 saturated carbocycles. The SMILES string of the molecule is Clc1ccc(-c2c3c(cc4cccnc24)C2=CCCCC23)cc1. The summed E-state index contributed by atoms with van der Waals surface area (Å²) in [7, 11) is 0. The zero-order valence-corrected chi connectivity index (χ0v) is 13.5. The molecule has 0 fully saturated rings. The highest BCUT2D eigenvalue weighted by Crippen LogP contribution is 2.56. The van der Waals surface area contributed by atoms with Crippen molar-refractivity contribution in [1.29, 1.82) is 0 Å². The number of hydrogen-bond donors (Lipinski definition) is 0. The van der Waals surface area contributed by atoms with Gasteiger partial charge in [-0.2, -0.15) is 0 Å². The number of halogens is 1. The van der Waals surface area contributed by atoms with Crippen molar-refractivity contribution in [2.75, 3.05) is 0 Å². The predicted octanol–water partition coefficient (Wildman–Crippen LogP) is 6.22. The summed E-state index contributed by atoms with van der Waals surface area (Å²) in [6.07, 6.45) is 8.09. The van der Waals surface area contributed by atoms with Gasteiger partial charge in [-0.1, -0.05) is 35.9 Å². The molecule has 0 amide bonds. The average Bonchev–Trinajstić information content (AvgIpc) is 2.59. The van der Waals surface area contributed by atoms with Crippen LogP contribution in [0.5, 0.6) is 0 Å². The number of pyridine rings is 1. The Morgan fingerprint density at radius 1 is 1.09 bits per heavy atom. The Hall–Kier alpha value is -2.12. The second-order valence-electron chi connectivity index (χ2n) is 6.44. The van der Waals surface area contributed by atoms with E-state index in [4.69, 9.17) is 16.6 Å². The number of fused-ring (bicyclic) bond motifs is 5. The Morgan fingerprint density at radius 2 is 1.96 bits per heavy atom. The highest BCUT2D eigenvalue weighted by Gasteiger charge is 2.36. The highest BCUT2D eigenvalue weighted by atomic mass is 35.5. The molecule has 112 valence electrons. The molecule has 2 aliphatic rings. The molecule has 23 heavy (non-hydrogen) atoms. The van der Waals surface area contributed by atoms with Crippen LogP contribution in [0.2, 0.25) is 5.02 Å². The Morgan fingerprint density at radius 3 is 2.83 bits per heavy atom. The van der Waals surface area contributed by atoms with Gasteiger partial charge in [-0.15, -0.1) is 0 Å². The molecule has 2 aliphatic carbocycles. The molecule has 0 aliphatic heterocycles. The minimum absolute atomic E-state index is 0.593. The third-order valence-corrected chi connectivity index (χ3v) is 5.42. The number of allylic oxidation sites excluding steroid dienone is 2. The topological polar surface area (TPSA) is 12.9 Å². The first kappa shape index (κ1) is 13.3. The summed E-state index contributed by atoms with van der Waals surface area (Å²) in [6, 6.07) is 14.7. The Bertz CT molecular complexity index is 953. The van der Waals surface area contributed by atoms with Crippen molar-refractivity contribution in [3.05, 3.63) is 70.9 Å². The minimum atomic E-state index is 0.593. The van der Waals surface area contributed by atoms with Crippen molar-refractivity contribution in [1.82, 2.24) is 4.98 Å². The van der Waals surface area contributed by atoms with E-state index in [1.54, 1.807) is 5.57 Å². The first-order chi connectivity index (χ1) is 11.3. The molecule has 0 saturated heterocycles. The summed E-state index contributed by atoms with van der Waals surface area (Å²) in [6.45, 7) is 0. The van der Waals surface area contributed by atoms with Crippen LogP contribution in [0.1, 0.15) is 36.3 Å². The fourth-order valence-corrected chi connectivity index (χ4v) is 4.27. The number of aromatic nitrogens is 1. The Kier molecular flexibility index (Phi) is 2.86. The lowest BCUT2D eigenvalue weighted by molar-refractivity contribution is 0.644. The van der Waals surface area contributed by atoms with Gasteiger partial charge in [0, 0.05) is 28.1 Å². The standard InChI is InChI=1S/C21H16ClN/c22-15-9-7-13(8-10-15)19-20-17-6-2-1-5-16(17)18(20)12-14-4-3-11-23-21(14)19/h3-5,7-12,17H,1-2,6H2. The van der Waals surface area contributed by atoms with Gasteiger partial charge in [-0.05, 0) is 65.8 Å². The molecule has 1 aromatic heterocycles. The zero-order valence-electron chi connectivity index (χ0n) is 12.7. The van der Waals surface area contributed by atoms with E-state index >= 15 is 0 Å². The summed E-state index contributed by atoms with van der Waals surface area (Å²) in [5, 5.41) is 2.00. The van der Waals surface area contributed by atoms with Crippen LogP contribution in [0.3, 0.4) is 0 Å². The lowest BCUT2D eigenvalue weighted by Crippen LogP contribution is -2.20. The van der Waals surface area contributed by atoms with Crippen molar-refractivity contribution < 1.29 is 0 Å². The van der Waals surface area contributed by atoms with Crippen LogP contribution in [0.15, 0.2) is 54.7 Å². The molecule has 0 radical (unpaired) electrons. The van der Waals surface area contributed by atoms with Crippen LogP contribution < -0.4 is 0 Å². The van der Waals surface area contributed by atoms with Gasteiger partial charge < -0.3 is 0 Å². The molecule has 3 aromatic rings. The molecule has 2 aromatic carbocycles. The second kappa shape index (κ2) is 4.94. The van der Waals surface area contributed by atoms with Crippen molar-refractivity contribution in [2.24, 2.45) is 0 Å². The van der Waals surface area contributed by atoms with Crippen LogP contribution in [0, 0.1) is 0 Å². The summed E-state index contributed by atoms with van der Waals surface area (Å²) in [5.41, 5.74) is 8.11. The minimum Gasteiger partial charge on any atom is -0.256 e. The van der Waals surface area contributed by atoms with Gasteiger partial charge in [0.2, 0.25) is 0 Å². The van der Waals surface area contributed by atoms with E-state index in [2.05, 4.69) is 30.3 Å². The first-order valence-corrected chi connectivity index (χ1v) is 8.59. The summed E-state index contributed by atoms with van der Waals surface area (Å²) in [4.78, 5) is 4.70. The number of nitrogens with zero attached hydrogens (tertiary/aromatic N) is 1. The van der Waals surface area contributed by atoms with Crippen molar-refractivity contribution in [3.8, 4) is 11.1 Å². The van der Waals surface area contributed by atoms with Crippen LogP contribution in [-0.2, 0) is 0 Å². The van der Waals surface area contributed by atoms with E-state index in [1.165, 1.54) is 46.9 Å². The van der Waals surface area contributed by atoms with Gasteiger partial charge in [0.25, 0.3) is 0 Å². The number of hydrogen-bond acceptors (Lipinski definition) is 1. The fraction of sp³-hybridized carbons (Fsp3) is 0.190. The van der Waals surface area contributed by atoms with Crippen LogP contribution in [0.25, 0.3) is 27.6 Å². The second-order valence-corrected chi connectivity index (χ2v) is 6.87.